The van der Waals surface area contributed by atoms with Gasteiger partial charge in [-0.2, -0.15) is 0 Å². The second-order valence-corrected chi connectivity index (χ2v) is 6.47. The quantitative estimate of drug-likeness (QED) is 0.500. The van der Waals surface area contributed by atoms with Gasteiger partial charge in [0, 0.05) is 17.1 Å². The summed E-state index contributed by atoms with van der Waals surface area (Å²) in [4.78, 5) is 28.9. The zero-order valence-corrected chi connectivity index (χ0v) is 15.4. The van der Waals surface area contributed by atoms with Crippen LogP contribution in [0.15, 0.2) is 54.0 Å². The SMILES string of the molecule is CCOC(=O)c1c(-c2ccccc2)csc1NC(=O)c1cccnc1Cl. The third-order valence-electron chi connectivity index (χ3n) is 3.59. The Morgan fingerprint density at radius 3 is 2.65 bits per heavy atom. The summed E-state index contributed by atoms with van der Waals surface area (Å²) in [5.41, 5.74) is 2.14. The molecule has 0 atom stereocenters. The molecule has 3 rings (SSSR count). The van der Waals surface area contributed by atoms with Crippen LogP contribution in [0.1, 0.15) is 27.6 Å². The highest BCUT2D eigenvalue weighted by molar-refractivity contribution is 7.15. The molecule has 0 saturated carbocycles. The van der Waals surface area contributed by atoms with Gasteiger partial charge >= 0.3 is 5.97 Å². The zero-order chi connectivity index (χ0) is 18.5. The van der Waals surface area contributed by atoms with Crippen molar-refractivity contribution in [3.8, 4) is 11.1 Å². The Bertz CT molecular complexity index is 941. The molecule has 2 aromatic heterocycles. The summed E-state index contributed by atoms with van der Waals surface area (Å²) < 4.78 is 5.18. The lowest BCUT2D eigenvalue weighted by Crippen LogP contribution is -2.15. The van der Waals surface area contributed by atoms with E-state index in [0.29, 0.717) is 16.1 Å². The summed E-state index contributed by atoms with van der Waals surface area (Å²) in [5, 5.41) is 5.08. The molecule has 0 radical (unpaired) electrons. The van der Waals surface area contributed by atoms with Crippen LogP contribution < -0.4 is 5.32 Å². The van der Waals surface area contributed by atoms with Gasteiger partial charge in [-0.05, 0) is 24.6 Å². The average molecular weight is 387 g/mol. The highest BCUT2D eigenvalue weighted by Gasteiger charge is 2.23. The number of nitrogens with zero attached hydrogens (tertiary/aromatic N) is 1. The number of pyridine rings is 1. The molecule has 3 aromatic rings. The number of esters is 1. The van der Waals surface area contributed by atoms with E-state index in [-0.39, 0.29) is 17.3 Å². The fraction of sp³-hybridized carbons (Fsp3) is 0.105. The third-order valence-corrected chi connectivity index (χ3v) is 4.78. The van der Waals surface area contributed by atoms with Crippen LogP contribution in [0.4, 0.5) is 5.00 Å². The van der Waals surface area contributed by atoms with E-state index in [0.717, 1.165) is 5.56 Å². The van der Waals surface area contributed by atoms with Gasteiger partial charge in [0.2, 0.25) is 0 Å². The highest BCUT2D eigenvalue weighted by atomic mass is 35.5. The van der Waals surface area contributed by atoms with Crippen molar-refractivity contribution < 1.29 is 14.3 Å². The monoisotopic (exact) mass is 386 g/mol. The first-order valence-corrected chi connectivity index (χ1v) is 9.13. The van der Waals surface area contributed by atoms with Gasteiger partial charge in [0.15, 0.2) is 0 Å². The number of halogens is 1. The number of benzene rings is 1. The fourth-order valence-electron chi connectivity index (χ4n) is 2.41. The fourth-order valence-corrected chi connectivity index (χ4v) is 3.57. The Balaban J connectivity index is 1.99. The van der Waals surface area contributed by atoms with Gasteiger partial charge in [0.1, 0.15) is 15.7 Å². The maximum absolute atomic E-state index is 12.5. The maximum atomic E-state index is 12.5. The van der Waals surface area contributed by atoms with Crippen LogP contribution in [0.3, 0.4) is 0 Å². The van der Waals surface area contributed by atoms with Crippen molar-refractivity contribution in [3.05, 3.63) is 70.3 Å². The number of carbonyl (C=O) groups is 2. The van der Waals surface area contributed by atoms with Crippen LogP contribution in [-0.4, -0.2) is 23.5 Å². The molecule has 0 fully saturated rings. The number of amides is 1. The number of hydrogen-bond donors (Lipinski definition) is 1. The van der Waals surface area contributed by atoms with Crippen LogP contribution in [0.2, 0.25) is 5.15 Å². The molecular weight excluding hydrogens is 372 g/mol. The minimum atomic E-state index is -0.486. The maximum Gasteiger partial charge on any atom is 0.341 e. The van der Waals surface area contributed by atoms with Crippen LogP contribution in [0, 0.1) is 0 Å². The summed E-state index contributed by atoms with van der Waals surface area (Å²) >= 11 is 7.24. The molecule has 0 aliphatic heterocycles. The van der Waals surface area contributed by atoms with E-state index in [4.69, 9.17) is 16.3 Å². The van der Waals surface area contributed by atoms with E-state index >= 15 is 0 Å². The van der Waals surface area contributed by atoms with Gasteiger partial charge in [-0.1, -0.05) is 41.9 Å². The molecule has 1 amide bonds. The van der Waals surface area contributed by atoms with Gasteiger partial charge in [-0.3, -0.25) is 4.79 Å². The first-order chi connectivity index (χ1) is 12.6. The van der Waals surface area contributed by atoms with E-state index in [2.05, 4.69) is 10.3 Å². The van der Waals surface area contributed by atoms with Crippen molar-refractivity contribution in [2.24, 2.45) is 0 Å². The summed E-state index contributed by atoms with van der Waals surface area (Å²) in [6.45, 7) is 1.98. The smallest absolute Gasteiger partial charge is 0.341 e. The van der Waals surface area contributed by atoms with Gasteiger partial charge < -0.3 is 10.1 Å². The predicted octanol–water partition coefficient (Wildman–Crippen LogP) is 4.89. The molecule has 0 bridgehead atoms. The van der Waals surface area contributed by atoms with Crippen LogP contribution >= 0.6 is 22.9 Å². The number of nitrogens with one attached hydrogen (secondary N) is 1. The predicted molar refractivity (Wildman–Crippen MR) is 103 cm³/mol. The van der Waals surface area contributed by atoms with Crippen molar-refractivity contribution in [2.75, 3.05) is 11.9 Å². The molecule has 0 aliphatic carbocycles. The lowest BCUT2D eigenvalue weighted by atomic mass is 10.0. The molecule has 2 heterocycles. The lowest BCUT2D eigenvalue weighted by Gasteiger charge is -2.09. The number of rotatable bonds is 5. The van der Waals surface area contributed by atoms with E-state index in [9.17, 15) is 9.59 Å². The van der Waals surface area contributed by atoms with Gasteiger partial charge in [-0.25, -0.2) is 9.78 Å². The van der Waals surface area contributed by atoms with Gasteiger partial charge in [0.25, 0.3) is 5.91 Å². The van der Waals surface area contributed by atoms with Crippen LogP contribution in [-0.2, 0) is 4.74 Å². The summed E-state index contributed by atoms with van der Waals surface area (Å²) in [6.07, 6.45) is 1.50. The number of hydrogen-bond acceptors (Lipinski definition) is 5. The average Bonchev–Trinajstić information content (AvgIpc) is 3.06. The van der Waals surface area contributed by atoms with Crippen molar-refractivity contribution in [1.29, 1.82) is 0 Å². The molecule has 0 saturated heterocycles. The first kappa shape index (κ1) is 18.1. The molecule has 26 heavy (non-hydrogen) atoms. The minimum absolute atomic E-state index is 0.0996. The Labute approximate surface area is 159 Å². The van der Waals surface area contributed by atoms with E-state index < -0.39 is 11.9 Å². The lowest BCUT2D eigenvalue weighted by molar-refractivity contribution is 0.0529. The molecule has 0 unspecified atom stereocenters. The topological polar surface area (TPSA) is 68.3 Å². The first-order valence-electron chi connectivity index (χ1n) is 7.87. The Morgan fingerprint density at radius 1 is 1.19 bits per heavy atom. The second kappa shape index (κ2) is 8.12. The van der Waals surface area contributed by atoms with E-state index in [1.807, 2.05) is 35.7 Å². The Hall–Kier alpha value is -2.70. The van der Waals surface area contributed by atoms with Crippen LogP contribution in [0.5, 0.6) is 0 Å². The normalized spacial score (nSPS) is 10.4. The molecular formula is C19H15ClN2O3S. The standard InChI is InChI=1S/C19H15ClN2O3S/c1-2-25-19(24)15-14(12-7-4-3-5-8-12)11-26-18(15)22-17(23)13-9-6-10-21-16(13)20/h3-11H,2H2,1H3,(H,22,23). The van der Waals surface area contributed by atoms with Gasteiger partial charge in [-0.15, -0.1) is 11.3 Å². The molecule has 132 valence electrons. The van der Waals surface area contributed by atoms with E-state index in [1.54, 1.807) is 19.1 Å². The molecule has 5 nitrogen and oxygen atoms in total. The van der Waals surface area contributed by atoms with Crippen molar-refractivity contribution >= 4 is 39.8 Å². The molecule has 1 N–H and O–H groups in total. The zero-order valence-electron chi connectivity index (χ0n) is 13.9. The van der Waals surface area contributed by atoms with Crippen molar-refractivity contribution in [2.45, 2.75) is 6.92 Å². The third kappa shape index (κ3) is 3.76. The summed E-state index contributed by atoms with van der Waals surface area (Å²) in [5.74, 6) is -0.921. The summed E-state index contributed by atoms with van der Waals surface area (Å²) in [6, 6.07) is 12.7. The Morgan fingerprint density at radius 2 is 1.96 bits per heavy atom. The molecule has 7 heteroatoms. The number of aromatic nitrogens is 1. The molecule has 0 spiro atoms. The summed E-state index contributed by atoms with van der Waals surface area (Å²) in [7, 11) is 0. The molecule has 1 aromatic carbocycles. The van der Waals surface area contributed by atoms with E-state index in [1.165, 1.54) is 17.5 Å². The minimum Gasteiger partial charge on any atom is -0.462 e. The van der Waals surface area contributed by atoms with Crippen molar-refractivity contribution in [3.63, 3.8) is 0 Å². The van der Waals surface area contributed by atoms with Crippen molar-refractivity contribution in [1.82, 2.24) is 4.98 Å². The van der Waals surface area contributed by atoms with Gasteiger partial charge in [0.05, 0.1) is 12.2 Å². The van der Waals surface area contributed by atoms with Crippen LogP contribution in [0.25, 0.3) is 11.1 Å². The second-order valence-electron chi connectivity index (χ2n) is 5.24. The number of anilines is 1. The Kier molecular flexibility index (Phi) is 5.65. The largest absolute Gasteiger partial charge is 0.462 e. The number of thiophene rings is 1. The number of carbonyl (C=O) groups excluding carboxylic acids is 2. The molecule has 0 aliphatic rings. The number of ether oxygens (including phenoxy) is 1. The highest BCUT2D eigenvalue weighted by Crippen LogP contribution is 2.36.